The molecule has 1 amide bonds. The van der Waals surface area contributed by atoms with Crippen molar-refractivity contribution in [2.24, 2.45) is 0 Å². The van der Waals surface area contributed by atoms with Crippen LogP contribution in [0.1, 0.15) is 18.9 Å². The van der Waals surface area contributed by atoms with Gasteiger partial charge in [-0.15, -0.1) is 0 Å². The quantitative estimate of drug-likeness (QED) is 0.778. The third-order valence-corrected chi connectivity index (χ3v) is 3.46. The highest BCUT2D eigenvalue weighted by atomic mass is 127. The lowest BCUT2D eigenvalue weighted by Gasteiger charge is -2.19. The largest absolute Gasteiger partial charge is 0.375 e. The number of anilines is 1. The first kappa shape index (κ1) is 9.92. The van der Waals surface area contributed by atoms with Crippen LogP contribution in [-0.2, 0) is 10.4 Å². The van der Waals surface area contributed by atoms with Gasteiger partial charge in [0.15, 0.2) is 5.60 Å². The van der Waals surface area contributed by atoms with Gasteiger partial charge in [0.05, 0.1) is 0 Å². The van der Waals surface area contributed by atoms with Crippen LogP contribution < -0.4 is 5.32 Å². The number of nitrogens with one attached hydrogen (secondary N) is 1. The number of carbonyl (C=O) groups excluding carboxylic acids is 1. The standard InChI is InChI=1S/C10H10INO2/c1-2-10(14)8-6(11)4-3-5-7(8)12-9(10)13/h3-5,14H,2H2,1H3,(H,12,13). The maximum Gasteiger partial charge on any atom is 0.261 e. The minimum Gasteiger partial charge on any atom is -0.375 e. The normalized spacial score (nSPS) is 24.6. The van der Waals surface area contributed by atoms with Gasteiger partial charge >= 0.3 is 0 Å². The Balaban J connectivity index is 2.67. The van der Waals surface area contributed by atoms with Gasteiger partial charge in [0.25, 0.3) is 5.91 Å². The van der Waals surface area contributed by atoms with E-state index in [1.54, 1.807) is 6.92 Å². The maximum atomic E-state index is 11.6. The molecule has 1 heterocycles. The molecule has 1 unspecified atom stereocenters. The second-order valence-electron chi connectivity index (χ2n) is 3.33. The summed E-state index contributed by atoms with van der Waals surface area (Å²) >= 11 is 2.13. The Hall–Kier alpha value is -0.620. The van der Waals surface area contributed by atoms with E-state index in [1.807, 2.05) is 18.2 Å². The van der Waals surface area contributed by atoms with Gasteiger partial charge < -0.3 is 10.4 Å². The minimum atomic E-state index is -1.34. The minimum absolute atomic E-state index is 0.320. The number of benzene rings is 1. The zero-order chi connectivity index (χ0) is 10.3. The van der Waals surface area contributed by atoms with Crippen molar-refractivity contribution in [1.29, 1.82) is 0 Å². The van der Waals surface area contributed by atoms with Crippen LogP contribution in [0.5, 0.6) is 0 Å². The van der Waals surface area contributed by atoms with E-state index in [1.165, 1.54) is 0 Å². The molecule has 0 fully saturated rings. The number of amides is 1. The molecule has 14 heavy (non-hydrogen) atoms. The van der Waals surface area contributed by atoms with E-state index in [0.717, 1.165) is 9.26 Å². The van der Waals surface area contributed by atoms with Gasteiger partial charge in [0.1, 0.15) is 0 Å². The lowest BCUT2D eigenvalue weighted by Crippen LogP contribution is -2.33. The molecule has 4 heteroatoms. The van der Waals surface area contributed by atoms with Gasteiger partial charge in [0.2, 0.25) is 0 Å². The van der Waals surface area contributed by atoms with Crippen LogP contribution in [0.2, 0.25) is 0 Å². The Morgan fingerprint density at radius 3 is 2.93 bits per heavy atom. The Morgan fingerprint density at radius 2 is 2.29 bits per heavy atom. The number of hydrogen-bond acceptors (Lipinski definition) is 2. The predicted octanol–water partition coefficient (Wildman–Crippen LogP) is 1.84. The molecule has 1 aliphatic rings. The lowest BCUT2D eigenvalue weighted by atomic mass is 9.93. The SMILES string of the molecule is CCC1(O)C(=O)Nc2cccc(I)c21. The van der Waals surface area contributed by atoms with E-state index in [2.05, 4.69) is 27.9 Å². The maximum absolute atomic E-state index is 11.6. The molecule has 74 valence electrons. The van der Waals surface area contributed by atoms with Crippen LogP contribution >= 0.6 is 22.6 Å². The Kier molecular flexibility index (Phi) is 2.27. The van der Waals surface area contributed by atoms with E-state index in [-0.39, 0.29) is 5.91 Å². The van der Waals surface area contributed by atoms with Crippen molar-refractivity contribution in [3.8, 4) is 0 Å². The highest BCUT2D eigenvalue weighted by Crippen LogP contribution is 2.40. The van der Waals surface area contributed by atoms with Crippen molar-refractivity contribution >= 4 is 34.2 Å². The van der Waals surface area contributed by atoms with E-state index in [0.29, 0.717) is 12.0 Å². The highest BCUT2D eigenvalue weighted by molar-refractivity contribution is 14.1. The van der Waals surface area contributed by atoms with E-state index in [9.17, 15) is 9.90 Å². The van der Waals surface area contributed by atoms with E-state index >= 15 is 0 Å². The molecule has 3 nitrogen and oxygen atoms in total. The van der Waals surface area contributed by atoms with E-state index in [4.69, 9.17) is 0 Å². The molecule has 1 aromatic rings. The predicted molar refractivity (Wildman–Crippen MR) is 62.0 cm³/mol. The highest BCUT2D eigenvalue weighted by Gasteiger charge is 2.44. The van der Waals surface area contributed by atoms with Crippen molar-refractivity contribution in [3.63, 3.8) is 0 Å². The van der Waals surface area contributed by atoms with Gasteiger partial charge in [-0.25, -0.2) is 0 Å². The Morgan fingerprint density at radius 1 is 1.57 bits per heavy atom. The number of carbonyl (C=O) groups is 1. The summed E-state index contributed by atoms with van der Waals surface area (Å²) in [6.07, 6.45) is 0.395. The average Bonchev–Trinajstić information content (AvgIpc) is 2.41. The molecule has 2 rings (SSSR count). The van der Waals surface area contributed by atoms with Crippen molar-refractivity contribution in [2.45, 2.75) is 18.9 Å². The molecular weight excluding hydrogens is 293 g/mol. The van der Waals surface area contributed by atoms with Crippen molar-refractivity contribution in [2.75, 3.05) is 5.32 Å². The fourth-order valence-corrected chi connectivity index (χ4v) is 2.67. The number of fused-ring (bicyclic) bond motifs is 1. The summed E-state index contributed by atoms with van der Waals surface area (Å²) in [6.45, 7) is 1.80. The lowest BCUT2D eigenvalue weighted by molar-refractivity contribution is -0.133. The fourth-order valence-electron chi connectivity index (χ4n) is 1.73. The molecule has 0 bridgehead atoms. The molecule has 0 aromatic heterocycles. The van der Waals surface area contributed by atoms with Crippen LogP contribution in [-0.4, -0.2) is 11.0 Å². The van der Waals surface area contributed by atoms with Gasteiger partial charge in [0, 0.05) is 14.8 Å². The van der Waals surface area contributed by atoms with Crippen LogP contribution in [0.4, 0.5) is 5.69 Å². The number of rotatable bonds is 1. The topological polar surface area (TPSA) is 49.3 Å². The molecule has 1 aliphatic heterocycles. The summed E-state index contributed by atoms with van der Waals surface area (Å²) in [5.41, 5.74) is 0.104. The van der Waals surface area contributed by atoms with E-state index < -0.39 is 5.60 Å². The average molecular weight is 303 g/mol. The van der Waals surface area contributed by atoms with Crippen molar-refractivity contribution in [1.82, 2.24) is 0 Å². The Bertz CT molecular complexity index is 405. The molecular formula is C10H10INO2. The second-order valence-corrected chi connectivity index (χ2v) is 4.49. The van der Waals surface area contributed by atoms with Gasteiger partial charge in [-0.05, 0) is 41.1 Å². The summed E-state index contributed by atoms with van der Waals surface area (Å²) in [5.74, 6) is -0.320. The molecule has 1 aromatic carbocycles. The van der Waals surface area contributed by atoms with Gasteiger partial charge in [-0.3, -0.25) is 4.79 Å². The van der Waals surface area contributed by atoms with Crippen LogP contribution in [0, 0.1) is 3.57 Å². The molecule has 0 aliphatic carbocycles. The fraction of sp³-hybridized carbons (Fsp3) is 0.300. The van der Waals surface area contributed by atoms with Gasteiger partial charge in [-0.2, -0.15) is 0 Å². The molecule has 0 saturated heterocycles. The van der Waals surface area contributed by atoms with Crippen molar-refractivity contribution < 1.29 is 9.90 Å². The number of aliphatic hydroxyl groups is 1. The zero-order valence-electron chi connectivity index (χ0n) is 7.67. The summed E-state index contributed by atoms with van der Waals surface area (Å²) in [6, 6.07) is 5.56. The zero-order valence-corrected chi connectivity index (χ0v) is 9.83. The third-order valence-electron chi connectivity index (χ3n) is 2.56. The first-order chi connectivity index (χ1) is 6.59. The van der Waals surface area contributed by atoms with Crippen LogP contribution in [0.25, 0.3) is 0 Å². The summed E-state index contributed by atoms with van der Waals surface area (Å²) in [4.78, 5) is 11.6. The molecule has 0 spiro atoms. The second kappa shape index (κ2) is 3.20. The van der Waals surface area contributed by atoms with Crippen LogP contribution in [0.15, 0.2) is 18.2 Å². The molecule has 0 radical (unpaired) electrons. The molecule has 1 atom stereocenters. The smallest absolute Gasteiger partial charge is 0.261 e. The first-order valence-corrected chi connectivity index (χ1v) is 5.50. The third kappa shape index (κ3) is 1.17. The molecule has 0 saturated carbocycles. The number of halogens is 1. The summed E-state index contributed by atoms with van der Waals surface area (Å²) in [5, 5.41) is 12.9. The Labute approximate surface area is 95.7 Å². The molecule has 2 N–H and O–H groups in total. The summed E-state index contributed by atoms with van der Waals surface area (Å²) in [7, 11) is 0. The number of hydrogen-bond donors (Lipinski definition) is 2. The van der Waals surface area contributed by atoms with Crippen LogP contribution in [0.3, 0.4) is 0 Å². The van der Waals surface area contributed by atoms with Crippen molar-refractivity contribution in [3.05, 3.63) is 27.3 Å². The first-order valence-electron chi connectivity index (χ1n) is 4.42. The van der Waals surface area contributed by atoms with Gasteiger partial charge in [-0.1, -0.05) is 13.0 Å². The summed E-state index contributed by atoms with van der Waals surface area (Å²) < 4.78 is 0.919. The monoisotopic (exact) mass is 303 g/mol.